The molecule has 1 fully saturated rings. The number of anilines is 2. The van der Waals surface area contributed by atoms with E-state index in [-0.39, 0.29) is 17.3 Å². The topological polar surface area (TPSA) is 65.5 Å². The minimum Gasteiger partial charge on any atom is -0.366 e. The van der Waals surface area contributed by atoms with Gasteiger partial charge in [0.15, 0.2) is 10.7 Å². The maximum Gasteiger partial charge on any atom is 0.268 e. The van der Waals surface area contributed by atoms with E-state index in [4.69, 9.17) is 11.6 Å². The summed E-state index contributed by atoms with van der Waals surface area (Å²) in [5.41, 5.74) is -0.137. The Morgan fingerprint density at radius 2 is 1.94 bits per heavy atom. The zero-order valence-corrected chi connectivity index (χ0v) is 19.9. The van der Waals surface area contributed by atoms with Crippen LogP contribution < -0.4 is 9.62 Å². The third-order valence-corrected chi connectivity index (χ3v) is 7.68. The second-order valence-electron chi connectivity index (χ2n) is 8.14. The number of halogens is 4. The van der Waals surface area contributed by atoms with Crippen molar-refractivity contribution in [2.45, 2.75) is 50.6 Å². The molecule has 0 unspecified atom stereocenters. The van der Waals surface area contributed by atoms with Crippen LogP contribution >= 0.6 is 11.6 Å². The van der Waals surface area contributed by atoms with E-state index in [1.54, 1.807) is 4.90 Å². The molecule has 1 saturated heterocycles. The summed E-state index contributed by atoms with van der Waals surface area (Å²) < 4.78 is 70.6. The van der Waals surface area contributed by atoms with Gasteiger partial charge >= 0.3 is 0 Å². The van der Waals surface area contributed by atoms with Crippen LogP contribution in [0.4, 0.5) is 24.7 Å². The fourth-order valence-electron chi connectivity index (χ4n) is 4.55. The van der Waals surface area contributed by atoms with Crippen LogP contribution in [0.5, 0.6) is 0 Å². The quantitative estimate of drug-likeness (QED) is 0.452. The van der Waals surface area contributed by atoms with Gasteiger partial charge in [0.05, 0.1) is 5.69 Å². The molecule has 1 aliphatic rings. The van der Waals surface area contributed by atoms with Crippen molar-refractivity contribution in [3.63, 3.8) is 0 Å². The number of likely N-dealkylation sites (N-methyl/N-ethyl adjacent to an activating group) is 1. The molecule has 2 aromatic rings. The standard InChI is InChI=1S/C21H26ClF3N4O2S/c1-5-28(6-2)21(4)11-13(3)29(12-21)15-10-14(23)20(19(25)18(15)22)32(30,31)27-17-9-7-8-16(24)26-17/h7-10,13H,5-6,11-12H2,1-4H3,(H,26,27)/t13-,21-/m1/s1. The van der Waals surface area contributed by atoms with Crippen molar-refractivity contribution in [3.05, 3.63) is 46.9 Å². The van der Waals surface area contributed by atoms with E-state index in [2.05, 4.69) is 30.7 Å². The van der Waals surface area contributed by atoms with Gasteiger partial charge in [-0.05, 0) is 45.5 Å². The molecule has 0 bridgehead atoms. The predicted octanol–water partition coefficient (Wildman–Crippen LogP) is 4.65. The lowest BCUT2D eigenvalue weighted by atomic mass is 9.96. The summed E-state index contributed by atoms with van der Waals surface area (Å²) in [7, 11) is -4.75. The zero-order valence-electron chi connectivity index (χ0n) is 18.3. The Morgan fingerprint density at radius 1 is 1.28 bits per heavy atom. The number of nitrogens with one attached hydrogen (secondary N) is 1. The summed E-state index contributed by atoms with van der Waals surface area (Å²) in [6.45, 7) is 10.2. The first-order chi connectivity index (χ1) is 14.9. The summed E-state index contributed by atoms with van der Waals surface area (Å²) in [6.07, 6.45) is 0.751. The predicted molar refractivity (Wildman–Crippen MR) is 119 cm³/mol. The number of benzene rings is 1. The second kappa shape index (κ2) is 9.07. The Hall–Kier alpha value is -2.04. The maximum absolute atomic E-state index is 15.1. The number of sulfonamides is 1. The number of aromatic nitrogens is 1. The molecular weight excluding hydrogens is 465 g/mol. The van der Waals surface area contributed by atoms with E-state index in [1.807, 2.05) is 11.6 Å². The molecule has 1 aromatic carbocycles. The average molecular weight is 491 g/mol. The number of nitrogens with zero attached hydrogens (tertiary/aromatic N) is 3. The lowest BCUT2D eigenvalue weighted by Gasteiger charge is -2.37. The number of rotatable bonds is 7. The van der Waals surface area contributed by atoms with E-state index < -0.39 is 43.3 Å². The van der Waals surface area contributed by atoms with Gasteiger partial charge in [0.2, 0.25) is 5.95 Å². The first-order valence-corrected chi connectivity index (χ1v) is 12.1. The summed E-state index contributed by atoms with van der Waals surface area (Å²) >= 11 is 6.23. The van der Waals surface area contributed by atoms with Gasteiger partial charge in [-0.1, -0.05) is 31.5 Å². The van der Waals surface area contributed by atoms with Crippen molar-refractivity contribution >= 4 is 33.1 Å². The molecule has 3 rings (SSSR count). The van der Waals surface area contributed by atoms with E-state index in [1.165, 1.54) is 6.07 Å². The fourth-order valence-corrected chi connectivity index (χ4v) is 6.01. The van der Waals surface area contributed by atoms with Crippen molar-refractivity contribution in [2.24, 2.45) is 0 Å². The highest BCUT2D eigenvalue weighted by molar-refractivity contribution is 7.92. The van der Waals surface area contributed by atoms with Crippen LogP contribution in [0.1, 0.15) is 34.1 Å². The van der Waals surface area contributed by atoms with Crippen molar-refractivity contribution in [3.8, 4) is 0 Å². The van der Waals surface area contributed by atoms with Crippen LogP contribution in [0.3, 0.4) is 0 Å². The van der Waals surface area contributed by atoms with Gasteiger partial charge in [0.1, 0.15) is 16.7 Å². The van der Waals surface area contributed by atoms with Crippen LogP contribution in [0.25, 0.3) is 0 Å². The lowest BCUT2D eigenvalue weighted by molar-refractivity contribution is 0.135. The van der Waals surface area contributed by atoms with Gasteiger partial charge in [-0.2, -0.15) is 4.39 Å². The van der Waals surface area contributed by atoms with Crippen LogP contribution in [0, 0.1) is 17.6 Å². The van der Waals surface area contributed by atoms with E-state index in [9.17, 15) is 17.2 Å². The number of hydrogen-bond donors (Lipinski definition) is 1. The normalized spacial score (nSPS) is 21.4. The molecule has 0 aliphatic carbocycles. The largest absolute Gasteiger partial charge is 0.366 e. The maximum atomic E-state index is 15.1. The van der Waals surface area contributed by atoms with Gasteiger partial charge in [0, 0.05) is 24.2 Å². The molecule has 2 heterocycles. The Bertz CT molecular complexity index is 1110. The van der Waals surface area contributed by atoms with Crippen LogP contribution in [0.15, 0.2) is 29.2 Å². The monoisotopic (exact) mass is 490 g/mol. The minimum absolute atomic E-state index is 0.0750. The first kappa shape index (κ1) is 24.6. The van der Waals surface area contributed by atoms with Crippen LogP contribution in [-0.2, 0) is 10.0 Å². The van der Waals surface area contributed by atoms with Gasteiger partial charge < -0.3 is 4.90 Å². The second-order valence-corrected chi connectivity index (χ2v) is 10.1. The SMILES string of the molecule is CCN(CC)[C@]1(C)C[C@@H](C)N(c2cc(F)c(S(=O)(=O)Nc3cccc(F)n3)c(F)c2Cl)C1. The Balaban J connectivity index is 1.99. The molecule has 176 valence electrons. The summed E-state index contributed by atoms with van der Waals surface area (Å²) in [5.74, 6) is -4.06. The van der Waals surface area contributed by atoms with E-state index in [0.29, 0.717) is 6.54 Å². The zero-order chi connectivity index (χ0) is 23.8. The molecule has 6 nitrogen and oxygen atoms in total. The molecule has 1 aromatic heterocycles. The lowest BCUT2D eigenvalue weighted by Crippen LogP contribution is -2.48. The third-order valence-electron chi connectivity index (χ3n) is 5.93. The fraction of sp³-hybridized carbons (Fsp3) is 0.476. The molecule has 0 saturated carbocycles. The van der Waals surface area contributed by atoms with Gasteiger partial charge in [0.25, 0.3) is 10.0 Å². The number of pyridine rings is 1. The molecule has 32 heavy (non-hydrogen) atoms. The highest BCUT2D eigenvalue weighted by atomic mass is 35.5. The molecule has 1 N–H and O–H groups in total. The number of hydrogen-bond acceptors (Lipinski definition) is 5. The first-order valence-electron chi connectivity index (χ1n) is 10.3. The average Bonchev–Trinajstić information content (AvgIpc) is 3.00. The van der Waals surface area contributed by atoms with Crippen molar-refractivity contribution < 1.29 is 21.6 Å². The smallest absolute Gasteiger partial charge is 0.268 e. The highest BCUT2D eigenvalue weighted by Gasteiger charge is 2.43. The van der Waals surface area contributed by atoms with Crippen molar-refractivity contribution in [1.82, 2.24) is 9.88 Å². The Labute approximate surface area is 191 Å². The highest BCUT2D eigenvalue weighted by Crippen LogP contribution is 2.41. The van der Waals surface area contributed by atoms with Crippen molar-refractivity contribution in [2.75, 3.05) is 29.3 Å². The van der Waals surface area contributed by atoms with Gasteiger partial charge in [-0.15, -0.1) is 0 Å². The van der Waals surface area contributed by atoms with Gasteiger partial charge in [-0.25, -0.2) is 22.2 Å². The molecule has 2 atom stereocenters. The van der Waals surface area contributed by atoms with Gasteiger partial charge in [-0.3, -0.25) is 9.62 Å². The molecule has 1 aliphatic heterocycles. The van der Waals surface area contributed by atoms with Crippen LogP contribution in [-0.4, -0.2) is 49.5 Å². The third kappa shape index (κ3) is 4.53. The molecular formula is C21H26ClF3N4O2S. The summed E-state index contributed by atoms with van der Waals surface area (Å²) in [4.78, 5) is 6.19. The molecule has 0 amide bonds. The molecule has 0 radical (unpaired) electrons. The summed E-state index contributed by atoms with van der Waals surface area (Å²) in [5, 5.41) is -0.491. The Morgan fingerprint density at radius 3 is 2.53 bits per heavy atom. The Kier molecular flexibility index (Phi) is 6.97. The molecule has 0 spiro atoms. The van der Waals surface area contributed by atoms with E-state index >= 15 is 4.39 Å². The summed E-state index contributed by atoms with van der Waals surface area (Å²) in [6, 6.07) is 4.24. The van der Waals surface area contributed by atoms with Crippen molar-refractivity contribution in [1.29, 1.82) is 0 Å². The van der Waals surface area contributed by atoms with E-state index in [0.717, 1.165) is 37.7 Å². The molecule has 11 heteroatoms. The van der Waals surface area contributed by atoms with Crippen LogP contribution in [0.2, 0.25) is 5.02 Å². The minimum atomic E-state index is -4.75.